The number of methoxy groups -OCH3 is 6. The summed E-state index contributed by atoms with van der Waals surface area (Å²) in [6.45, 7) is 3.65. The van der Waals surface area contributed by atoms with E-state index in [1.807, 2.05) is 41.1 Å². The van der Waals surface area contributed by atoms with Gasteiger partial charge >= 0.3 is 0 Å². The molecule has 16 nitrogen and oxygen atoms in total. The van der Waals surface area contributed by atoms with E-state index in [0.717, 1.165) is 44.3 Å². The van der Waals surface area contributed by atoms with Gasteiger partial charge in [-0.2, -0.15) is 8.61 Å². The van der Waals surface area contributed by atoms with Gasteiger partial charge in [-0.25, -0.2) is 26.8 Å². The number of thiazole rings is 2. The Hall–Kier alpha value is -5.06. The third kappa shape index (κ3) is 11.8. The molecule has 0 N–H and O–H groups in total. The van der Waals surface area contributed by atoms with Gasteiger partial charge in [-0.05, 0) is 59.7 Å². The van der Waals surface area contributed by atoms with Gasteiger partial charge in [-0.15, -0.1) is 22.7 Å². The molecule has 22 heteroatoms. The van der Waals surface area contributed by atoms with E-state index in [0.29, 0.717) is 86.7 Å². The normalized spacial score (nSPS) is 14.8. The van der Waals surface area contributed by atoms with Crippen molar-refractivity contribution in [3.05, 3.63) is 116 Å². The smallest absolute Gasteiger partial charge is 0.246 e. The lowest BCUT2D eigenvalue weighted by molar-refractivity contribution is 0.369. The Morgan fingerprint density at radius 2 is 0.912 bits per heavy atom. The van der Waals surface area contributed by atoms with Crippen LogP contribution in [0.5, 0.6) is 34.5 Å². The number of aromatic nitrogens is 2. The predicted octanol–water partition coefficient (Wildman–Crippen LogP) is 7.85. The van der Waals surface area contributed by atoms with E-state index in [2.05, 4.69) is 9.80 Å². The van der Waals surface area contributed by atoms with E-state index in [4.69, 9.17) is 61.6 Å². The number of piperazine rings is 2. The Balaban J connectivity index is 0.000000202. The Bertz CT molecular complexity index is 2880. The van der Waals surface area contributed by atoms with Gasteiger partial charge in [0.15, 0.2) is 10.3 Å². The molecule has 0 aliphatic carbocycles. The van der Waals surface area contributed by atoms with Gasteiger partial charge in [0.25, 0.3) is 0 Å². The van der Waals surface area contributed by atoms with E-state index in [1.165, 1.54) is 49.2 Å². The summed E-state index contributed by atoms with van der Waals surface area (Å²) in [5.74, 6) is 3.09. The first kappa shape index (κ1) is 50.8. The number of rotatable bonds is 16. The highest BCUT2D eigenvalue weighted by atomic mass is 35.5. The minimum absolute atomic E-state index is 0.136. The van der Waals surface area contributed by atoms with Crippen molar-refractivity contribution in [1.82, 2.24) is 18.6 Å². The molecule has 2 aliphatic rings. The second-order valence-electron chi connectivity index (χ2n) is 15.4. The van der Waals surface area contributed by atoms with Crippen LogP contribution in [0.25, 0.3) is 0 Å². The molecule has 0 saturated carbocycles. The lowest BCUT2D eigenvalue weighted by Gasteiger charge is -2.34. The quantitative estimate of drug-likeness (QED) is 0.0921. The van der Waals surface area contributed by atoms with Crippen LogP contribution in [-0.4, -0.2) is 130 Å². The highest BCUT2D eigenvalue weighted by molar-refractivity contribution is 7.89. The summed E-state index contributed by atoms with van der Waals surface area (Å²) >= 11 is 15.2. The molecule has 8 rings (SSSR count). The lowest BCUT2D eigenvalue weighted by atomic mass is 10.1. The molecule has 0 spiro atoms. The van der Waals surface area contributed by atoms with Crippen LogP contribution in [0.3, 0.4) is 0 Å². The number of benzene rings is 4. The topological polar surface area (TPSA) is 162 Å². The van der Waals surface area contributed by atoms with Crippen molar-refractivity contribution in [1.29, 1.82) is 0 Å². The Labute approximate surface area is 415 Å². The van der Waals surface area contributed by atoms with Crippen LogP contribution in [0, 0.1) is 0 Å². The summed E-state index contributed by atoms with van der Waals surface area (Å²) in [6.07, 6.45) is 1.30. The zero-order valence-corrected chi connectivity index (χ0v) is 43.1. The minimum atomic E-state index is -3.70. The number of hydrogen-bond acceptors (Lipinski definition) is 16. The maximum Gasteiger partial charge on any atom is 0.246 e. The summed E-state index contributed by atoms with van der Waals surface area (Å²) < 4.78 is 87.7. The molecular formula is C46H52Cl2N6O10S4. The molecule has 0 amide bonds. The fraction of sp³-hybridized carbons (Fsp3) is 0.348. The highest BCUT2D eigenvalue weighted by Gasteiger charge is 2.33. The molecule has 0 radical (unpaired) electrons. The number of sulfonamides is 2. The molecule has 2 saturated heterocycles. The summed E-state index contributed by atoms with van der Waals surface area (Å²) in [7, 11) is 1.82. The molecule has 364 valence electrons. The summed E-state index contributed by atoms with van der Waals surface area (Å²) in [5, 5.41) is 6.86. The Morgan fingerprint density at radius 1 is 0.485 bits per heavy atom. The fourth-order valence-corrected chi connectivity index (χ4v) is 12.8. The number of hydrogen-bond donors (Lipinski definition) is 0. The predicted molar refractivity (Wildman–Crippen MR) is 267 cm³/mol. The molecule has 2 aromatic heterocycles. The zero-order valence-electron chi connectivity index (χ0n) is 38.3. The Morgan fingerprint density at radius 3 is 1.31 bits per heavy atom. The Kier molecular flexibility index (Phi) is 16.9. The monoisotopic (exact) mass is 1050 g/mol. The second-order valence-corrected chi connectivity index (χ2v) is 21.7. The highest BCUT2D eigenvalue weighted by Crippen LogP contribution is 2.35. The number of anilines is 2. The van der Waals surface area contributed by atoms with Gasteiger partial charge in [0.2, 0.25) is 20.0 Å². The molecule has 2 fully saturated rings. The molecule has 0 atom stereocenters. The summed E-state index contributed by atoms with van der Waals surface area (Å²) in [6, 6.07) is 20.8. The largest absolute Gasteiger partial charge is 0.497 e. The first-order chi connectivity index (χ1) is 32.7. The number of nitrogens with zero attached hydrogens (tertiary/aromatic N) is 6. The van der Waals surface area contributed by atoms with E-state index in [-0.39, 0.29) is 21.3 Å². The van der Waals surface area contributed by atoms with Crippen LogP contribution in [0.2, 0.25) is 10.0 Å². The first-order valence-electron chi connectivity index (χ1n) is 21.2. The maximum absolute atomic E-state index is 13.3. The van der Waals surface area contributed by atoms with E-state index in [1.54, 1.807) is 67.2 Å². The molecule has 4 heterocycles. The zero-order chi connectivity index (χ0) is 48.6. The van der Waals surface area contributed by atoms with Crippen molar-refractivity contribution in [3.8, 4) is 34.5 Å². The number of ether oxygens (including phenoxy) is 6. The average Bonchev–Trinajstić information content (AvgIpc) is 4.04. The second kappa shape index (κ2) is 22.6. The van der Waals surface area contributed by atoms with Crippen molar-refractivity contribution < 1.29 is 45.3 Å². The molecular weight excluding hydrogens is 996 g/mol. The van der Waals surface area contributed by atoms with Crippen LogP contribution in [0.4, 0.5) is 10.3 Å². The van der Waals surface area contributed by atoms with Gasteiger partial charge in [0, 0.05) is 94.2 Å². The van der Waals surface area contributed by atoms with E-state index < -0.39 is 20.0 Å². The average molecular weight is 1050 g/mol. The SMILES string of the molecule is COc1cc(Cc2csc(N3CCN(S(=O)(=O)c4ccc(OC)cc4OC)CC3)n2)cc(OC)c1.COc1ccc(S(=O)(=O)N2CCN(c3nc(Cc4ccc(Cl)c(Cl)c4)cs3)CC2)c(OC)c1. The van der Waals surface area contributed by atoms with E-state index >= 15 is 0 Å². The minimum Gasteiger partial charge on any atom is -0.497 e. The van der Waals surface area contributed by atoms with Crippen molar-refractivity contribution >= 4 is 76.2 Å². The van der Waals surface area contributed by atoms with Crippen molar-refractivity contribution in [2.24, 2.45) is 0 Å². The fourth-order valence-electron chi connectivity index (χ4n) is 7.58. The van der Waals surface area contributed by atoms with Crippen LogP contribution < -0.4 is 38.2 Å². The van der Waals surface area contributed by atoms with Gasteiger partial charge < -0.3 is 38.2 Å². The third-order valence-corrected chi connectivity index (χ3v) is 17.8. The molecule has 2 aliphatic heterocycles. The van der Waals surface area contributed by atoms with Gasteiger partial charge in [0.1, 0.15) is 44.3 Å². The molecule has 6 aromatic rings. The molecule has 68 heavy (non-hydrogen) atoms. The molecule has 0 unspecified atom stereocenters. The maximum atomic E-state index is 13.3. The first-order valence-corrected chi connectivity index (χ1v) is 26.6. The van der Waals surface area contributed by atoms with Crippen molar-refractivity contribution in [2.45, 2.75) is 22.6 Å². The standard InChI is InChI=1S/C24H29N3O6S2.C22H23Cl2N3O4S2/c1-30-19-5-6-23(22(15-19)33-4)35(28,29)27-9-7-26(8-10-27)24-25-18(16-34-24)11-17-12-20(31-2)14-21(13-17)32-3;1-30-17-4-6-21(20(13-17)31-2)33(28,29)27-9-7-26(8-10-27)22-25-16(14-32-22)11-15-3-5-18(23)19(24)12-15/h5-6,12-16H,7-11H2,1-4H3;3-6,12-14H,7-11H2,1-2H3. The van der Waals surface area contributed by atoms with Crippen LogP contribution in [0.1, 0.15) is 22.5 Å². The van der Waals surface area contributed by atoms with Crippen LogP contribution >= 0.6 is 45.9 Å². The van der Waals surface area contributed by atoms with Crippen LogP contribution in [0.15, 0.2) is 93.3 Å². The van der Waals surface area contributed by atoms with Gasteiger partial charge in [-0.3, -0.25) is 0 Å². The van der Waals surface area contributed by atoms with Gasteiger partial charge in [-0.1, -0.05) is 29.3 Å². The van der Waals surface area contributed by atoms with Crippen molar-refractivity contribution in [2.75, 3.05) is 105 Å². The summed E-state index contributed by atoms with van der Waals surface area (Å²) in [5.41, 5.74) is 3.96. The number of halogens is 2. The molecule has 4 aromatic carbocycles. The lowest BCUT2D eigenvalue weighted by Crippen LogP contribution is -2.48. The van der Waals surface area contributed by atoms with Gasteiger partial charge in [0.05, 0.1) is 64.1 Å². The molecule has 0 bridgehead atoms. The summed E-state index contributed by atoms with van der Waals surface area (Å²) in [4.78, 5) is 14.0. The van der Waals surface area contributed by atoms with E-state index in [9.17, 15) is 16.8 Å². The third-order valence-electron chi connectivity index (χ3n) is 11.2. The van der Waals surface area contributed by atoms with Crippen LogP contribution in [-0.2, 0) is 32.9 Å². The van der Waals surface area contributed by atoms with Crippen molar-refractivity contribution in [3.63, 3.8) is 0 Å².